The Bertz CT molecular complexity index is 1150. The minimum atomic E-state index is -0.283. The molecule has 4 nitrogen and oxygen atoms in total. The molecule has 0 unspecified atom stereocenters. The highest BCUT2D eigenvalue weighted by molar-refractivity contribution is 5.90. The van der Waals surface area contributed by atoms with Crippen molar-refractivity contribution in [2.45, 2.75) is 38.2 Å². The average Bonchev–Trinajstić information content (AvgIpc) is 3.21. The third-order valence-electron chi connectivity index (χ3n) is 7.64. The van der Waals surface area contributed by atoms with Gasteiger partial charge in [-0.2, -0.15) is 0 Å². The maximum atomic E-state index is 13.1. The lowest BCUT2D eigenvalue weighted by Gasteiger charge is -2.32. The van der Waals surface area contributed by atoms with Gasteiger partial charge in [-0.15, -0.1) is 0 Å². The molecule has 0 amide bonds. The molecule has 3 aromatic rings. The molecule has 0 heterocycles. The highest BCUT2D eigenvalue weighted by Crippen LogP contribution is 2.49. The molecule has 0 spiro atoms. The standard InChI is InChI=1S/C30H30O4/c1-33-28-11-5-9-23-17-26-24(18-27(23)28)19-29(25(26)10-6-16-31)34-30(32)22-14-12-21(13-15-22)20-7-3-2-4-8-20/h2-5,7-9,11-16,24-26,29H,6,10,17-19H2,1H3/t24-,25+,26-,29+/m0/s1. The van der Waals surface area contributed by atoms with Crippen LogP contribution in [0.1, 0.15) is 40.7 Å². The summed E-state index contributed by atoms with van der Waals surface area (Å²) in [5, 5.41) is 0. The summed E-state index contributed by atoms with van der Waals surface area (Å²) < 4.78 is 11.7. The molecule has 2 aliphatic carbocycles. The Morgan fingerprint density at radius 1 is 0.941 bits per heavy atom. The van der Waals surface area contributed by atoms with Gasteiger partial charge in [0.1, 0.15) is 18.1 Å². The van der Waals surface area contributed by atoms with E-state index < -0.39 is 0 Å². The lowest BCUT2D eigenvalue weighted by atomic mass is 9.73. The van der Waals surface area contributed by atoms with Gasteiger partial charge in [0.2, 0.25) is 0 Å². The van der Waals surface area contributed by atoms with E-state index in [1.807, 2.05) is 54.6 Å². The number of esters is 1. The van der Waals surface area contributed by atoms with Crippen LogP contribution in [0.25, 0.3) is 11.1 Å². The number of hydrogen-bond acceptors (Lipinski definition) is 4. The van der Waals surface area contributed by atoms with Crippen molar-refractivity contribution in [3.05, 3.63) is 89.5 Å². The number of methoxy groups -OCH3 is 1. The Morgan fingerprint density at radius 3 is 2.44 bits per heavy atom. The van der Waals surface area contributed by atoms with Crippen molar-refractivity contribution in [3.63, 3.8) is 0 Å². The van der Waals surface area contributed by atoms with Gasteiger partial charge in [0.15, 0.2) is 0 Å². The summed E-state index contributed by atoms with van der Waals surface area (Å²) in [5.74, 6) is 1.70. The van der Waals surface area contributed by atoms with Crippen LogP contribution in [0, 0.1) is 17.8 Å². The molecule has 34 heavy (non-hydrogen) atoms. The quantitative estimate of drug-likeness (QED) is 0.329. The van der Waals surface area contributed by atoms with Gasteiger partial charge in [-0.25, -0.2) is 4.79 Å². The molecule has 0 bridgehead atoms. The van der Waals surface area contributed by atoms with Gasteiger partial charge in [0, 0.05) is 6.42 Å². The first-order chi connectivity index (χ1) is 16.7. The minimum Gasteiger partial charge on any atom is -0.496 e. The van der Waals surface area contributed by atoms with Crippen molar-refractivity contribution in [1.29, 1.82) is 0 Å². The lowest BCUT2D eigenvalue weighted by molar-refractivity contribution is -0.108. The van der Waals surface area contributed by atoms with Gasteiger partial charge < -0.3 is 14.3 Å². The second-order valence-electron chi connectivity index (χ2n) is 9.46. The Morgan fingerprint density at radius 2 is 1.71 bits per heavy atom. The van der Waals surface area contributed by atoms with Crippen molar-refractivity contribution < 1.29 is 19.1 Å². The van der Waals surface area contributed by atoms with Crippen molar-refractivity contribution in [3.8, 4) is 16.9 Å². The van der Waals surface area contributed by atoms with Crippen molar-refractivity contribution in [1.82, 2.24) is 0 Å². The predicted molar refractivity (Wildman–Crippen MR) is 132 cm³/mol. The van der Waals surface area contributed by atoms with Crippen molar-refractivity contribution in [2.24, 2.45) is 17.8 Å². The van der Waals surface area contributed by atoms with Crippen LogP contribution in [0.2, 0.25) is 0 Å². The topological polar surface area (TPSA) is 52.6 Å². The van der Waals surface area contributed by atoms with Gasteiger partial charge in [-0.05, 0) is 83.9 Å². The van der Waals surface area contributed by atoms with Crippen molar-refractivity contribution in [2.75, 3.05) is 7.11 Å². The van der Waals surface area contributed by atoms with Crippen LogP contribution < -0.4 is 4.74 Å². The number of benzene rings is 3. The third-order valence-corrected chi connectivity index (χ3v) is 7.64. The molecular formula is C30H30O4. The number of ether oxygens (including phenoxy) is 2. The molecule has 0 saturated heterocycles. The molecule has 4 atom stereocenters. The maximum Gasteiger partial charge on any atom is 0.338 e. The number of carbonyl (C=O) groups is 2. The van der Waals surface area contributed by atoms with Gasteiger partial charge >= 0.3 is 5.97 Å². The highest BCUT2D eigenvalue weighted by Gasteiger charge is 2.47. The normalized spacial score (nSPS) is 23.0. The first-order valence-electron chi connectivity index (χ1n) is 12.1. The van der Waals surface area contributed by atoms with Crippen LogP contribution in [-0.2, 0) is 22.4 Å². The van der Waals surface area contributed by atoms with E-state index in [-0.39, 0.29) is 18.0 Å². The first-order valence-corrected chi connectivity index (χ1v) is 12.1. The van der Waals surface area contributed by atoms with E-state index in [9.17, 15) is 9.59 Å². The summed E-state index contributed by atoms with van der Waals surface area (Å²) in [5.41, 5.74) is 5.35. The summed E-state index contributed by atoms with van der Waals surface area (Å²) >= 11 is 0. The van der Waals surface area contributed by atoms with Gasteiger partial charge in [0.25, 0.3) is 0 Å². The van der Waals surface area contributed by atoms with Gasteiger partial charge in [-0.3, -0.25) is 0 Å². The summed E-state index contributed by atoms with van der Waals surface area (Å²) in [6.45, 7) is 0. The van der Waals surface area contributed by atoms with Crippen LogP contribution in [0.15, 0.2) is 72.8 Å². The lowest BCUT2D eigenvalue weighted by Crippen LogP contribution is -2.29. The van der Waals surface area contributed by atoms with Crippen LogP contribution in [0.3, 0.4) is 0 Å². The molecule has 0 aliphatic heterocycles. The summed E-state index contributed by atoms with van der Waals surface area (Å²) in [4.78, 5) is 24.3. The van der Waals surface area contributed by atoms with E-state index in [0.29, 0.717) is 23.8 Å². The smallest absolute Gasteiger partial charge is 0.338 e. The number of rotatable bonds is 7. The fraction of sp³-hybridized carbons (Fsp3) is 0.333. The van der Waals surface area contributed by atoms with Gasteiger partial charge in [0.05, 0.1) is 12.7 Å². The van der Waals surface area contributed by atoms with Crippen molar-refractivity contribution >= 4 is 12.3 Å². The molecular weight excluding hydrogens is 424 g/mol. The zero-order valence-electron chi connectivity index (χ0n) is 19.5. The van der Waals surface area contributed by atoms with Crippen LogP contribution in [0.4, 0.5) is 0 Å². The molecule has 174 valence electrons. The summed E-state index contributed by atoms with van der Waals surface area (Å²) in [6, 6.07) is 24.0. The number of carbonyl (C=O) groups excluding carboxylic acids is 2. The monoisotopic (exact) mass is 454 g/mol. The van der Waals surface area contributed by atoms with Gasteiger partial charge in [-0.1, -0.05) is 54.6 Å². The Balaban J connectivity index is 1.33. The third kappa shape index (κ3) is 4.37. The van der Waals surface area contributed by atoms with Crippen LogP contribution in [-0.4, -0.2) is 25.5 Å². The van der Waals surface area contributed by atoms with Crippen LogP contribution in [0.5, 0.6) is 5.75 Å². The Hall–Kier alpha value is -3.40. The fourth-order valence-electron chi connectivity index (χ4n) is 6.00. The predicted octanol–water partition coefficient (Wildman–Crippen LogP) is 5.92. The van der Waals surface area contributed by atoms with E-state index >= 15 is 0 Å². The zero-order valence-corrected chi connectivity index (χ0v) is 19.5. The fourth-order valence-corrected chi connectivity index (χ4v) is 6.00. The van der Waals surface area contributed by atoms with Crippen LogP contribution >= 0.6 is 0 Å². The second-order valence-corrected chi connectivity index (χ2v) is 9.46. The minimum absolute atomic E-state index is 0.170. The average molecular weight is 455 g/mol. The molecule has 0 radical (unpaired) electrons. The maximum absolute atomic E-state index is 13.1. The number of aldehydes is 1. The molecule has 1 saturated carbocycles. The summed E-state index contributed by atoms with van der Waals surface area (Å²) in [6.07, 6.45) is 4.78. The molecule has 3 aromatic carbocycles. The van der Waals surface area contributed by atoms with E-state index in [0.717, 1.165) is 48.8 Å². The second kappa shape index (κ2) is 9.84. The SMILES string of the molecule is COc1cccc2c1C[C@H]1C[C@@H](OC(=O)c3ccc(-c4ccccc4)cc3)[C@H](CCC=O)[C@H]1C2. The molecule has 5 rings (SSSR count). The van der Waals surface area contributed by atoms with E-state index in [1.54, 1.807) is 7.11 Å². The zero-order chi connectivity index (χ0) is 23.5. The number of fused-ring (bicyclic) bond motifs is 2. The molecule has 2 aliphatic rings. The highest BCUT2D eigenvalue weighted by atomic mass is 16.5. The Kier molecular flexibility index (Phi) is 6.48. The van der Waals surface area contributed by atoms with E-state index in [2.05, 4.69) is 18.2 Å². The molecule has 0 aromatic heterocycles. The largest absolute Gasteiger partial charge is 0.496 e. The number of hydrogen-bond donors (Lipinski definition) is 0. The molecule has 1 fully saturated rings. The molecule has 4 heteroatoms. The van der Waals surface area contributed by atoms with E-state index in [4.69, 9.17) is 9.47 Å². The Labute approximate surface area is 200 Å². The summed E-state index contributed by atoms with van der Waals surface area (Å²) in [7, 11) is 1.72. The first kappa shape index (κ1) is 22.4. The molecule has 0 N–H and O–H groups in total. The van der Waals surface area contributed by atoms with E-state index in [1.165, 1.54) is 11.1 Å².